The van der Waals surface area contributed by atoms with Crippen molar-refractivity contribution in [1.82, 2.24) is 10.6 Å². The summed E-state index contributed by atoms with van der Waals surface area (Å²) in [4.78, 5) is 45.6. The van der Waals surface area contributed by atoms with E-state index < -0.39 is 31.1 Å². The van der Waals surface area contributed by atoms with E-state index in [1.54, 1.807) is 31.2 Å². The van der Waals surface area contributed by atoms with E-state index in [-0.39, 0.29) is 11.8 Å². The van der Waals surface area contributed by atoms with E-state index in [0.717, 1.165) is 6.42 Å². The summed E-state index contributed by atoms with van der Waals surface area (Å²) in [6.07, 6.45) is 0.724. The fraction of sp³-hybridized carbons (Fsp3) is 0.412. The van der Waals surface area contributed by atoms with Crippen LogP contribution in [-0.2, 0) is 14.3 Å². The van der Waals surface area contributed by atoms with E-state index in [1.807, 2.05) is 6.92 Å². The maximum atomic E-state index is 11.5. The molecule has 0 spiro atoms. The second-order valence-corrected chi connectivity index (χ2v) is 5.36. The first-order chi connectivity index (χ1) is 11.8. The predicted octanol–water partition coefficient (Wildman–Crippen LogP) is 1.44. The van der Waals surface area contributed by atoms with Crippen LogP contribution in [0.25, 0.3) is 0 Å². The second-order valence-electron chi connectivity index (χ2n) is 5.36. The number of ketones is 1. The van der Waals surface area contributed by atoms with Crippen LogP contribution in [0.2, 0.25) is 0 Å². The number of amides is 3. The third kappa shape index (κ3) is 7.96. The van der Waals surface area contributed by atoms with E-state index in [1.165, 1.54) is 6.92 Å². The molecule has 1 aromatic rings. The van der Waals surface area contributed by atoms with Crippen LogP contribution in [0.5, 0.6) is 5.75 Å². The maximum absolute atomic E-state index is 11.5. The zero-order valence-corrected chi connectivity index (χ0v) is 14.5. The highest BCUT2D eigenvalue weighted by molar-refractivity contribution is 5.95. The van der Waals surface area contributed by atoms with Gasteiger partial charge in [0, 0.05) is 11.6 Å². The standard InChI is InChI=1S/C17H22N2O6/c1-4-11(2)18-17(23)19-15(21)9-25-16(22)10-24-14-7-5-13(6-8-14)12(3)20/h5-8,11H,4,9-10H2,1-3H3,(H2,18,19,21,23)/t11-/m1/s1. The molecule has 8 heteroatoms. The molecule has 0 aliphatic carbocycles. The van der Waals surface area contributed by atoms with E-state index in [2.05, 4.69) is 10.6 Å². The van der Waals surface area contributed by atoms with Gasteiger partial charge in [0.25, 0.3) is 5.91 Å². The van der Waals surface area contributed by atoms with Crippen molar-refractivity contribution in [2.24, 2.45) is 0 Å². The van der Waals surface area contributed by atoms with Gasteiger partial charge in [-0.05, 0) is 44.5 Å². The van der Waals surface area contributed by atoms with Gasteiger partial charge in [0.2, 0.25) is 0 Å². The summed E-state index contributed by atoms with van der Waals surface area (Å²) in [5, 5.41) is 4.60. The van der Waals surface area contributed by atoms with Gasteiger partial charge in [-0.25, -0.2) is 9.59 Å². The van der Waals surface area contributed by atoms with Crippen molar-refractivity contribution < 1.29 is 28.7 Å². The summed E-state index contributed by atoms with van der Waals surface area (Å²) in [5.74, 6) is -1.18. The summed E-state index contributed by atoms with van der Waals surface area (Å²) in [6, 6.07) is 5.54. The Morgan fingerprint density at radius 1 is 1.08 bits per heavy atom. The highest BCUT2D eigenvalue weighted by atomic mass is 16.6. The molecule has 2 N–H and O–H groups in total. The summed E-state index contributed by atoms with van der Waals surface area (Å²) in [6.45, 7) is 4.15. The van der Waals surface area contributed by atoms with E-state index in [4.69, 9.17) is 9.47 Å². The minimum absolute atomic E-state index is 0.0712. The average Bonchev–Trinajstić information content (AvgIpc) is 2.58. The fourth-order valence-corrected chi connectivity index (χ4v) is 1.64. The lowest BCUT2D eigenvalue weighted by Crippen LogP contribution is -2.44. The number of carbonyl (C=O) groups is 4. The number of nitrogens with one attached hydrogen (secondary N) is 2. The number of imide groups is 1. The molecule has 0 saturated heterocycles. The van der Waals surface area contributed by atoms with Crippen molar-refractivity contribution in [2.45, 2.75) is 33.2 Å². The molecule has 1 aromatic carbocycles. The summed E-state index contributed by atoms with van der Waals surface area (Å²) >= 11 is 0. The average molecular weight is 350 g/mol. The normalized spacial score (nSPS) is 11.2. The number of hydrogen-bond acceptors (Lipinski definition) is 6. The Bertz CT molecular complexity index is 627. The van der Waals surface area contributed by atoms with Crippen LogP contribution < -0.4 is 15.4 Å². The number of urea groups is 1. The van der Waals surface area contributed by atoms with Crippen LogP contribution in [0.1, 0.15) is 37.6 Å². The molecule has 0 radical (unpaired) electrons. The van der Waals surface area contributed by atoms with Crippen LogP contribution >= 0.6 is 0 Å². The van der Waals surface area contributed by atoms with Crippen LogP contribution in [-0.4, -0.2) is 42.9 Å². The molecule has 0 aliphatic rings. The highest BCUT2D eigenvalue weighted by Gasteiger charge is 2.12. The lowest BCUT2D eigenvalue weighted by atomic mass is 10.1. The highest BCUT2D eigenvalue weighted by Crippen LogP contribution is 2.12. The van der Waals surface area contributed by atoms with Gasteiger partial charge in [-0.2, -0.15) is 0 Å². The molecule has 0 fully saturated rings. The van der Waals surface area contributed by atoms with E-state index in [0.29, 0.717) is 11.3 Å². The number of rotatable bonds is 8. The van der Waals surface area contributed by atoms with Crippen LogP contribution in [0, 0.1) is 0 Å². The quantitative estimate of drug-likeness (QED) is 0.542. The van der Waals surface area contributed by atoms with Crippen LogP contribution in [0.15, 0.2) is 24.3 Å². The van der Waals surface area contributed by atoms with Gasteiger partial charge in [0.15, 0.2) is 19.0 Å². The summed E-state index contributed by atoms with van der Waals surface area (Å²) in [5.41, 5.74) is 0.530. The van der Waals surface area contributed by atoms with Crippen molar-refractivity contribution in [3.8, 4) is 5.75 Å². The molecule has 0 bridgehead atoms. The zero-order valence-electron chi connectivity index (χ0n) is 14.5. The van der Waals surface area contributed by atoms with Gasteiger partial charge < -0.3 is 14.8 Å². The SMILES string of the molecule is CC[C@@H](C)NC(=O)NC(=O)COC(=O)COc1ccc(C(C)=O)cc1. The Hall–Kier alpha value is -2.90. The molecule has 0 saturated carbocycles. The fourth-order valence-electron chi connectivity index (χ4n) is 1.64. The lowest BCUT2D eigenvalue weighted by molar-refractivity contribution is -0.150. The first kappa shape index (κ1) is 20.1. The Morgan fingerprint density at radius 2 is 1.72 bits per heavy atom. The first-order valence-corrected chi connectivity index (χ1v) is 7.81. The van der Waals surface area contributed by atoms with Gasteiger partial charge in [-0.3, -0.25) is 14.9 Å². The predicted molar refractivity (Wildman–Crippen MR) is 89.3 cm³/mol. The largest absolute Gasteiger partial charge is 0.482 e. The van der Waals surface area contributed by atoms with Gasteiger partial charge in [0.05, 0.1) is 0 Å². The molecular weight excluding hydrogens is 328 g/mol. The molecule has 1 atom stereocenters. The molecular formula is C17H22N2O6. The summed E-state index contributed by atoms with van der Waals surface area (Å²) < 4.78 is 9.90. The maximum Gasteiger partial charge on any atom is 0.344 e. The van der Waals surface area contributed by atoms with E-state index in [9.17, 15) is 19.2 Å². The topological polar surface area (TPSA) is 111 Å². The minimum Gasteiger partial charge on any atom is -0.482 e. The molecule has 0 aliphatic heterocycles. The van der Waals surface area contributed by atoms with Gasteiger partial charge in [-0.1, -0.05) is 6.92 Å². The number of ether oxygens (including phenoxy) is 2. The first-order valence-electron chi connectivity index (χ1n) is 7.81. The molecule has 0 aromatic heterocycles. The van der Waals surface area contributed by atoms with E-state index >= 15 is 0 Å². The van der Waals surface area contributed by atoms with Crippen molar-refractivity contribution >= 4 is 23.7 Å². The van der Waals surface area contributed by atoms with Gasteiger partial charge >= 0.3 is 12.0 Å². The zero-order chi connectivity index (χ0) is 18.8. The molecule has 0 heterocycles. The third-order valence-corrected chi connectivity index (χ3v) is 3.22. The number of carbonyl (C=O) groups excluding carboxylic acids is 4. The molecule has 1 rings (SSSR count). The van der Waals surface area contributed by atoms with Crippen molar-refractivity contribution in [2.75, 3.05) is 13.2 Å². The van der Waals surface area contributed by atoms with Crippen LogP contribution in [0.3, 0.4) is 0 Å². The molecule has 3 amide bonds. The van der Waals surface area contributed by atoms with Crippen molar-refractivity contribution in [3.63, 3.8) is 0 Å². The number of hydrogen-bond donors (Lipinski definition) is 2. The number of benzene rings is 1. The summed E-state index contributed by atoms with van der Waals surface area (Å²) in [7, 11) is 0. The Morgan fingerprint density at radius 3 is 2.28 bits per heavy atom. The van der Waals surface area contributed by atoms with Crippen LogP contribution in [0.4, 0.5) is 4.79 Å². The van der Waals surface area contributed by atoms with Gasteiger partial charge in [0.1, 0.15) is 5.75 Å². The lowest BCUT2D eigenvalue weighted by Gasteiger charge is -2.12. The molecule has 136 valence electrons. The Balaban J connectivity index is 2.29. The monoisotopic (exact) mass is 350 g/mol. The Kier molecular flexibility index (Phi) is 8.11. The molecule has 25 heavy (non-hydrogen) atoms. The third-order valence-electron chi connectivity index (χ3n) is 3.22. The number of esters is 1. The van der Waals surface area contributed by atoms with Crippen molar-refractivity contribution in [1.29, 1.82) is 0 Å². The van der Waals surface area contributed by atoms with Crippen molar-refractivity contribution in [3.05, 3.63) is 29.8 Å². The molecule has 8 nitrogen and oxygen atoms in total. The Labute approximate surface area is 145 Å². The second kappa shape index (κ2) is 10.1. The smallest absolute Gasteiger partial charge is 0.344 e. The van der Waals surface area contributed by atoms with Gasteiger partial charge in [-0.15, -0.1) is 0 Å². The minimum atomic E-state index is -0.756. The number of Topliss-reactive ketones (excluding diaryl/α,β-unsaturated/α-hetero) is 1. The molecule has 0 unspecified atom stereocenters.